The molecule has 1 N–H and O–H groups in total. The van der Waals surface area contributed by atoms with Crippen molar-refractivity contribution in [1.82, 2.24) is 19.8 Å². The number of fused-ring (bicyclic) bond motifs is 5. The molecule has 6 rings (SSSR count). The van der Waals surface area contributed by atoms with Crippen molar-refractivity contribution in [2.45, 2.75) is 174 Å². The van der Waals surface area contributed by atoms with Gasteiger partial charge in [-0.2, -0.15) is 0 Å². The number of ketones is 1. The van der Waals surface area contributed by atoms with E-state index in [0.29, 0.717) is 32.0 Å². The molecule has 2 bridgehead atoms. The first-order valence-electron chi connectivity index (χ1n) is 20.3. The maximum atomic E-state index is 14.0. The van der Waals surface area contributed by atoms with Gasteiger partial charge < -0.3 is 19.4 Å². The molecule has 2 aliphatic carbocycles. The fraction of sp³-hybridized carbons (Fsp3) is 0.714. The first-order valence-corrected chi connectivity index (χ1v) is 24.0. The maximum absolute atomic E-state index is 14.0. The quantitative estimate of drug-likeness (QED) is 0.136. The highest BCUT2D eigenvalue weighted by Crippen LogP contribution is 2.61. The second kappa shape index (κ2) is 15.8. The van der Waals surface area contributed by atoms with Gasteiger partial charge in [0.15, 0.2) is 0 Å². The third kappa shape index (κ3) is 8.69. The molecule has 1 aromatic heterocycles. The third-order valence-electron chi connectivity index (χ3n) is 12.0. The van der Waals surface area contributed by atoms with Gasteiger partial charge in [0.25, 0.3) is 0 Å². The number of carbonyl (C=O) groups is 3. The van der Waals surface area contributed by atoms with Crippen LogP contribution in [0.15, 0.2) is 24.4 Å². The summed E-state index contributed by atoms with van der Waals surface area (Å²) in [6, 6.07) is 7.14. The Morgan fingerprint density at radius 2 is 1.79 bits per heavy atom. The molecule has 52 heavy (non-hydrogen) atoms. The molecule has 1 spiro atoms. The third-order valence-corrected chi connectivity index (χ3v) is 13.7. The van der Waals surface area contributed by atoms with Crippen LogP contribution in [0, 0.1) is 11.3 Å². The van der Waals surface area contributed by atoms with Crippen LogP contribution in [0.4, 0.5) is 4.79 Å². The Hall–Kier alpha value is -2.98. The molecule has 3 heterocycles. The molecule has 2 aromatic rings. The minimum absolute atomic E-state index is 0.00378. The molecular formula is C42H64N4O5Si. The fourth-order valence-corrected chi connectivity index (χ4v) is 9.84. The molecular weight excluding hydrogens is 669 g/mol. The average molecular weight is 733 g/mol. The van der Waals surface area contributed by atoms with Crippen LogP contribution in [0.25, 0.3) is 11.3 Å². The molecule has 4 aliphatic rings. The predicted molar refractivity (Wildman–Crippen MR) is 207 cm³/mol. The van der Waals surface area contributed by atoms with Crippen LogP contribution in [0.3, 0.4) is 0 Å². The van der Waals surface area contributed by atoms with Crippen LogP contribution in [-0.2, 0) is 25.8 Å². The summed E-state index contributed by atoms with van der Waals surface area (Å²) >= 11 is 0. The van der Waals surface area contributed by atoms with Gasteiger partial charge in [-0.1, -0.05) is 76.9 Å². The van der Waals surface area contributed by atoms with Gasteiger partial charge in [-0.15, -0.1) is 0 Å². The fourth-order valence-electron chi connectivity index (χ4n) is 9.08. The molecule has 3 fully saturated rings. The van der Waals surface area contributed by atoms with Crippen LogP contribution < -0.4 is 5.32 Å². The Bertz CT molecular complexity index is 1600. The van der Waals surface area contributed by atoms with E-state index in [0.717, 1.165) is 80.9 Å². The Labute approximate surface area is 313 Å². The maximum Gasteiger partial charge on any atom is 0.411 e. The zero-order valence-electron chi connectivity index (χ0n) is 33.0. The number of Topliss-reactive ketones (excluding diaryl/α,β-unsaturated/α-hetero) is 1. The molecule has 4 atom stereocenters. The number of rotatable bonds is 16. The van der Waals surface area contributed by atoms with E-state index < -0.39 is 13.7 Å². The summed E-state index contributed by atoms with van der Waals surface area (Å²) < 4.78 is 14.6. The molecule has 2 saturated carbocycles. The van der Waals surface area contributed by atoms with Crippen molar-refractivity contribution in [1.29, 1.82) is 0 Å². The Balaban J connectivity index is 1.31. The van der Waals surface area contributed by atoms with Gasteiger partial charge in [0.1, 0.15) is 23.9 Å². The van der Waals surface area contributed by atoms with Crippen molar-refractivity contribution in [3.8, 4) is 11.3 Å². The molecule has 2 aliphatic heterocycles. The minimum atomic E-state index is -1.31. The molecule has 3 unspecified atom stereocenters. The standard InChI is InChI=1S/C42H64N4O5Si/c1-8-29(47)16-11-9-12-19-33(44-39(48)32-26-42(32)22-13-10-14-23-42)38-43-27-36(45(38)28-50-24-25-52(5,6)7)31-18-15-17-30-34-20-21-35(37(30)31)46(34)40(49)51-41(2,3)4/h15,17-18,27,32-35H,8-14,16,19-26,28H2,1-7H3,(H,44,48)/t32?,33-,34?,35?/m0/s1. The summed E-state index contributed by atoms with van der Waals surface area (Å²) in [5.74, 6) is 1.38. The van der Waals surface area contributed by atoms with Crippen molar-refractivity contribution in [2.24, 2.45) is 11.3 Å². The zero-order chi connectivity index (χ0) is 37.3. The van der Waals surface area contributed by atoms with Gasteiger partial charge in [-0.3, -0.25) is 14.5 Å². The van der Waals surface area contributed by atoms with E-state index in [1.54, 1.807) is 0 Å². The van der Waals surface area contributed by atoms with Crippen molar-refractivity contribution in [3.05, 3.63) is 41.3 Å². The minimum Gasteiger partial charge on any atom is -0.444 e. The normalized spacial score (nSPS) is 22.4. The summed E-state index contributed by atoms with van der Waals surface area (Å²) in [4.78, 5) is 46.6. The van der Waals surface area contributed by atoms with Crippen molar-refractivity contribution >= 4 is 25.9 Å². The Morgan fingerprint density at radius 1 is 1.04 bits per heavy atom. The zero-order valence-corrected chi connectivity index (χ0v) is 34.0. The summed E-state index contributed by atoms with van der Waals surface area (Å²) in [5, 5.41) is 3.51. The number of benzene rings is 1. The van der Waals surface area contributed by atoms with Gasteiger partial charge in [0.05, 0.1) is 30.0 Å². The van der Waals surface area contributed by atoms with Crippen LogP contribution in [0.1, 0.15) is 153 Å². The van der Waals surface area contributed by atoms with E-state index in [1.807, 2.05) is 38.8 Å². The second-order valence-corrected chi connectivity index (χ2v) is 23.9. The molecule has 0 radical (unpaired) electrons. The van der Waals surface area contributed by atoms with E-state index in [4.69, 9.17) is 14.5 Å². The van der Waals surface area contributed by atoms with Crippen LogP contribution in [0.2, 0.25) is 25.7 Å². The number of unbranched alkanes of at least 4 members (excludes halogenated alkanes) is 2. The van der Waals surface area contributed by atoms with Crippen molar-refractivity contribution in [2.75, 3.05) is 6.61 Å². The lowest BCUT2D eigenvalue weighted by Crippen LogP contribution is -2.34. The number of nitrogens with zero attached hydrogens (tertiary/aromatic N) is 3. The highest BCUT2D eigenvalue weighted by molar-refractivity contribution is 6.76. The lowest BCUT2D eigenvalue weighted by Gasteiger charge is -2.27. The van der Waals surface area contributed by atoms with E-state index in [-0.39, 0.29) is 41.5 Å². The summed E-state index contributed by atoms with van der Waals surface area (Å²) in [5.41, 5.74) is 4.01. The smallest absolute Gasteiger partial charge is 0.411 e. The summed E-state index contributed by atoms with van der Waals surface area (Å²) in [7, 11) is -1.31. The molecule has 1 saturated heterocycles. The Morgan fingerprint density at radius 3 is 2.50 bits per heavy atom. The topological polar surface area (TPSA) is 103 Å². The largest absolute Gasteiger partial charge is 0.444 e. The number of carbonyl (C=O) groups excluding carboxylic acids is 3. The lowest BCUT2D eigenvalue weighted by atomic mass is 9.84. The molecule has 9 nitrogen and oxygen atoms in total. The van der Waals surface area contributed by atoms with E-state index in [2.05, 4.69) is 47.7 Å². The monoisotopic (exact) mass is 732 g/mol. The van der Waals surface area contributed by atoms with Crippen LogP contribution in [0.5, 0.6) is 0 Å². The SMILES string of the molecule is CCC(=O)CCCCC[C@H](NC(=O)C1CC12CCCCC2)c1ncc(-c2cccc3c2C2CCC3N2C(=O)OC(C)(C)C)n1COCC[Si](C)(C)C. The molecule has 10 heteroatoms. The number of nitrogens with one attached hydrogen (secondary N) is 1. The lowest BCUT2D eigenvalue weighted by molar-refractivity contribution is -0.124. The van der Waals surface area contributed by atoms with Gasteiger partial charge in [0, 0.05) is 39.0 Å². The van der Waals surface area contributed by atoms with Gasteiger partial charge in [-0.25, -0.2) is 9.78 Å². The average Bonchev–Trinajstić information content (AvgIpc) is 3.39. The Kier molecular flexibility index (Phi) is 11.8. The first kappa shape index (κ1) is 38.7. The van der Waals surface area contributed by atoms with Gasteiger partial charge in [-0.05, 0) is 88.3 Å². The number of ether oxygens (including phenoxy) is 2. The van der Waals surface area contributed by atoms with Gasteiger partial charge >= 0.3 is 6.09 Å². The summed E-state index contributed by atoms with van der Waals surface area (Å²) in [6.45, 7) is 15.8. The van der Waals surface area contributed by atoms with E-state index in [9.17, 15) is 14.4 Å². The van der Waals surface area contributed by atoms with Crippen molar-refractivity contribution < 1.29 is 23.9 Å². The van der Waals surface area contributed by atoms with Crippen molar-refractivity contribution in [3.63, 3.8) is 0 Å². The van der Waals surface area contributed by atoms with Gasteiger partial charge in [0.2, 0.25) is 5.91 Å². The van der Waals surface area contributed by atoms with Crippen LogP contribution >= 0.6 is 0 Å². The number of amides is 2. The first-order chi connectivity index (χ1) is 24.7. The highest BCUT2D eigenvalue weighted by Gasteiger charge is 2.57. The number of imidazole rings is 1. The number of hydrogen-bond acceptors (Lipinski definition) is 6. The number of hydrogen-bond donors (Lipinski definition) is 1. The summed E-state index contributed by atoms with van der Waals surface area (Å²) in [6.07, 6.45) is 15.2. The molecule has 1 aromatic carbocycles. The predicted octanol–water partition coefficient (Wildman–Crippen LogP) is 10.0. The van der Waals surface area contributed by atoms with E-state index >= 15 is 0 Å². The second-order valence-electron chi connectivity index (χ2n) is 18.3. The number of aromatic nitrogens is 2. The molecule has 286 valence electrons. The van der Waals surface area contributed by atoms with E-state index in [1.165, 1.54) is 30.4 Å². The molecule has 2 amide bonds. The highest BCUT2D eigenvalue weighted by atomic mass is 28.3. The van der Waals surface area contributed by atoms with Crippen LogP contribution in [-0.4, -0.2) is 52.5 Å².